The molecule has 4 rings (SSSR count). The van der Waals surface area contributed by atoms with E-state index in [2.05, 4.69) is 25.5 Å². The van der Waals surface area contributed by atoms with E-state index in [4.69, 9.17) is 23.2 Å². The van der Waals surface area contributed by atoms with E-state index >= 15 is 0 Å². The lowest BCUT2D eigenvalue weighted by Crippen LogP contribution is -2.46. The summed E-state index contributed by atoms with van der Waals surface area (Å²) >= 11 is 12.1. The van der Waals surface area contributed by atoms with Crippen molar-refractivity contribution in [3.8, 4) is 0 Å². The van der Waals surface area contributed by atoms with Gasteiger partial charge in [0.2, 0.25) is 16.0 Å². The summed E-state index contributed by atoms with van der Waals surface area (Å²) in [6.07, 6.45) is 2.87. The molecule has 9 nitrogen and oxygen atoms in total. The Kier molecular flexibility index (Phi) is 7.34. The Bertz CT molecular complexity index is 1260. The van der Waals surface area contributed by atoms with Crippen LogP contribution in [0.25, 0.3) is 0 Å². The van der Waals surface area contributed by atoms with Crippen molar-refractivity contribution < 1.29 is 13.2 Å². The number of halogens is 2. The van der Waals surface area contributed by atoms with Gasteiger partial charge < -0.3 is 15.5 Å². The van der Waals surface area contributed by atoms with Crippen molar-refractivity contribution in [2.45, 2.75) is 4.90 Å². The van der Waals surface area contributed by atoms with Gasteiger partial charge in [0, 0.05) is 31.9 Å². The van der Waals surface area contributed by atoms with E-state index in [1.54, 1.807) is 42.5 Å². The molecule has 0 bridgehead atoms. The topological polar surface area (TPSA) is 108 Å². The smallest absolute Gasteiger partial charge is 0.258 e. The number of aromatic nitrogens is 2. The predicted molar refractivity (Wildman–Crippen MR) is 132 cm³/mol. The van der Waals surface area contributed by atoms with Gasteiger partial charge in [-0.1, -0.05) is 29.3 Å². The van der Waals surface area contributed by atoms with E-state index in [1.807, 2.05) is 7.05 Å². The Morgan fingerprint density at radius 1 is 0.912 bits per heavy atom. The van der Waals surface area contributed by atoms with Crippen LogP contribution in [-0.4, -0.2) is 66.7 Å². The Hall–Kier alpha value is -2.76. The normalized spacial score (nSPS) is 15.1. The fourth-order valence-corrected chi connectivity index (χ4v) is 5.37. The highest BCUT2D eigenvalue weighted by Crippen LogP contribution is 2.25. The maximum absolute atomic E-state index is 12.8. The number of nitrogens with zero attached hydrogens (tertiary/aromatic N) is 4. The Balaban J connectivity index is 1.39. The summed E-state index contributed by atoms with van der Waals surface area (Å²) < 4.78 is 27.2. The van der Waals surface area contributed by atoms with Gasteiger partial charge >= 0.3 is 0 Å². The fraction of sp³-hybridized carbons (Fsp3) is 0.227. The first-order valence-electron chi connectivity index (χ1n) is 10.4. The summed E-state index contributed by atoms with van der Waals surface area (Å²) in [5.74, 6) is -0.194. The highest BCUT2D eigenvalue weighted by molar-refractivity contribution is 7.89. The number of carbonyl (C=O) groups is 1. The van der Waals surface area contributed by atoms with Crippen LogP contribution in [0.1, 0.15) is 10.4 Å². The van der Waals surface area contributed by atoms with Gasteiger partial charge in [0.25, 0.3) is 5.91 Å². The molecule has 178 valence electrons. The molecule has 1 aromatic heterocycles. The van der Waals surface area contributed by atoms with Crippen LogP contribution in [0.15, 0.2) is 59.8 Å². The van der Waals surface area contributed by atoms with Gasteiger partial charge in [-0.3, -0.25) is 4.79 Å². The average Bonchev–Trinajstić information content (AvgIpc) is 2.81. The zero-order valence-corrected chi connectivity index (χ0v) is 20.5. The van der Waals surface area contributed by atoms with Crippen molar-refractivity contribution in [2.24, 2.45) is 0 Å². The van der Waals surface area contributed by atoms with Crippen LogP contribution in [0.5, 0.6) is 0 Å². The van der Waals surface area contributed by atoms with E-state index in [0.717, 1.165) is 0 Å². The molecule has 12 heteroatoms. The van der Waals surface area contributed by atoms with Gasteiger partial charge in [0.15, 0.2) is 0 Å². The fourth-order valence-electron chi connectivity index (χ4n) is 3.38. The minimum Gasteiger partial charge on any atom is -0.324 e. The van der Waals surface area contributed by atoms with Crippen molar-refractivity contribution in [2.75, 3.05) is 43.9 Å². The number of amides is 1. The SMILES string of the molecule is CN1CCN(S(=O)(=O)c2ccc(Nc3ncc(NC(=O)c4c(Cl)cccc4Cl)cn3)cc2)CC1. The van der Waals surface area contributed by atoms with Crippen molar-refractivity contribution in [1.82, 2.24) is 19.2 Å². The van der Waals surface area contributed by atoms with Crippen LogP contribution < -0.4 is 10.6 Å². The number of anilines is 3. The van der Waals surface area contributed by atoms with Gasteiger partial charge in [0.1, 0.15) is 0 Å². The number of piperazine rings is 1. The number of benzene rings is 2. The lowest BCUT2D eigenvalue weighted by Gasteiger charge is -2.31. The molecule has 2 heterocycles. The number of carbonyl (C=O) groups excluding carboxylic acids is 1. The quantitative estimate of drug-likeness (QED) is 0.509. The molecule has 0 radical (unpaired) electrons. The molecule has 1 fully saturated rings. The Labute approximate surface area is 207 Å². The van der Waals surface area contributed by atoms with E-state index in [9.17, 15) is 13.2 Å². The zero-order valence-electron chi connectivity index (χ0n) is 18.2. The monoisotopic (exact) mass is 520 g/mol. The number of likely N-dealkylation sites (N-methyl/N-ethyl adjacent to an activating group) is 1. The number of hydrogen-bond acceptors (Lipinski definition) is 7. The highest BCUT2D eigenvalue weighted by Gasteiger charge is 2.27. The average molecular weight is 521 g/mol. The van der Waals surface area contributed by atoms with Crippen molar-refractivity contribution in [3.63, 3.8) is 0 Å². The largest absolute Gasteiger partial charge is 0.324 e. The van der Waals surface area contributed by atoms with Gasteiger partial charge in [-0.2, -0.15) is 4.31 Å². The van der Waals surface area contributed by atoms with Gasteiger partial charge in [0.05, 0.1) is 38.6 Å². The molecule has 1 aliphatic rings. The van der Waals surface area contributed by atoms with E-state index in [1.165, 1.54) is 16.7 Å². The summed E-state index contributed by atoms with van der Waals surface area (Å²) in [6, 6.07) is 11.2. The second-order valence-electron chi connectivity index (χ2n) is 7.70. The first kappa shape index (κ1) is 24.4. The predicted octanol–water partition coefficient (Wildman–Crippen LogP) is 3.72. The minimum absolute atomic E-state index is 0.166. The molecule has 1 aliphatic heterocycles. The molecular formula is C22H22Cl2N6O3S. The second kappa shape index (κ2) is 10.2. The van der Waals surface area contributed by atoms with Crippen LogP contribution in [0, 0.1) is 0 Å². The molecule has 2 N–H and O–H groups in total. The summed E-state index contributed by atoms with van der Waals surface area (Å²) in [5.41, 5.74) is 1.15. The lowest BCUT2D eigenvalue weighted by molar-refractivity contribution is 0.102. The van der Waals surface area contributed by atoms with Crippen LogP contribution in [-0.2, 0) is 10.0 Å². The molecule has 0 aliphatic carbocycles. The van der Waals surface area contributed by atoms with Gasteiger partial charge in [-0.15, -0.1) is 0 Å². The highest BCUT2D eigenvalue weighted by atomic mass is 35.5. The van der Waals surface area contributed by atoms with E-state index in [0.29, 0.717) is 37.6 Å². The first-order valence-corrected chi connectivity index (χ1v) is 12.6. The van der Waals surface area contributed by atoms with Crippen LogP contribution in [0.2, 0.25) is 10.0 Å². The molecule has 1 saturated heterocycles. The summed E-state index contributed by atoms with van der Waals surface area (Å²) in [6.45, 7) is 2.35. The maximum Gasteiger partial charge on any atom is 0.258 e. The van der Waals surface area contributed by atoms with E-state index < -0.39 is 15.9 Å². The summed E-state index contributed by atoms with van der Waals surface area (Å²) in [7, 11) is -1.56. The molecule has 2 aromatic carbocycles. The lowest BCUT2D eigenvalue weighted by atomic mass is 10.2. The number of sulfonamides is 1. The standard InChI is InChI=1S/C22H22Cl2N6O3S/c1-29-9-11-30(12-10-29)34(32,33)17-7-5-15(6-8-17)28-22-25-13-16(14-26-22)27-21(31)20-18(23)3-2-4-19(20)24/h2-8,13-14H,9-12H2,1H3,(H,27,31)(H,25,26,28). The third kappa shape index (κ3) is 5.48. The molecule has 0 spiro atoms. The third-order valence-electron chi connectivity index (χ3n) is 5.31. The van der Waals surface area contributed by atoms with Crippen LogP contribution in [0.4, 0.5) is 17.3 Å². The maximum atomic E-state index is 12.8. The third-order valence-corrected chi connectivity index (χ3v) is 7.85. The molecule has 0 unspecified atom stereocenters. The van der Waals surface area contributed by atoms with Crippen molar-refractivity contribution >= 4 is 56.5 Å². The Morgan fingerprint density at radius 2 is 1.50 bits per heavy atom. The Morgan fingerprint density at radius 3 is 2.09 bits per heavy atom. The number of hydrogen-bond donors (Lipinski definition) is 2. The first-order chi connectivity index (χ1) is 16.2. The molecule has 0 saturated carbocycles. The van der Waals surface area contributed by atoms with Crippen molar-refractivity contribution in [3.05, 3.63) is 70.5 Å². The summed E-state index contributed by atoms with van der Waals surface area (Å²) in [4.78, 5) is 23.2. The van der Waals surface area contributed by atoms with Crippen molar-refractivity contribution in [1.29, 1.82) is 0 Å². The summed E-state index contributed by atoms with van der Waals surface area (Å²) in [5, 5.41) is 6.14. The molecule has 3 aromatic rings. The second-order valence-corrected chi connectivity index (χ2v) is 10.5. The molecule has 0 atom stereocenters. The zero-order chi connectivity index (χ0) is 24.3. The van der Waals surface area contributed by atoms with Crippen LogP contribution in [0.3, 0.4) is 0 Å². The number of nitrogens with one attached hydrogen (secondary N) is 2. The minimum atomic E-state index is -3.53. The van der Waals surface area contributed by atoms with Crippen LogP contribution >= 0.6 is 23.2 Å². The molecule has 1 amide bonds. The van der Waals surface area contributed by atoms with Gasteiger partial charge in [-0.05, 0) is 43.4 Å². The molecule has 34 heavy (non-hydrogen) atoms. The van der Waals surface area contributed by atoms with Gasteiger partial charge in [-0.25, -0.2) is 18.4 Å². The number of rotatable bonds is 6. The molecular weight excluding hydrogens is 499 g/mol. The van der Waals surface area contributed by atoms with E-state index in [-0.39, 0.29) is 26.5 Å².